The van der Waals surface area contributed by atoms with Gasteiger partial charge >= 0.3 is 11.8 Å². The lowest BCUT2D eigenvalue weighted by Crippen LogP contribution is -2.42. The third-order valence-corrected chi connectivity index (χ3v) is 8.70. The highest BCUT2D eigenvalue weighted by Crippen LogP contribution is 2.37. The third kappa shape index (κ3) is 5.41. The highest BCUT2D eigenvalue weighted by molar-refractivity contribution is 7.90. The molecule has 0 spiro atoms. The molecule has 0 unspecified atom stereocenters. The second-order valence-corrected chi connectivity index (χ2v) is 12.2. The topological polar surface area (TPSA) is 153 Å². The van der Waals surface area contributed by atoms with Crippen LogP contribution in [0.2, 0.25) is 5.02 Å². The van der Waals surface area contributed by atoms with Gasteiger partial charge in [-0.25, -0.2) is 17.8 Å². The smallest absolute Gasteiger partial charge is 0.334 e. The van der Waals surface area contributed by atoms with Gasteiger partial charge in [0.1, 0.15) is 17.7 Å². The van der Waals surface area contributed by atoms with Gasteiger partial charge in [0, 0.05) is 16.0 Å². The Bertz CT molecular complexity index is 2010. The van der Waals surface area contributed by atoms with Crippen LogP contribution in [0.3, 0.4) is 0 Å². The molecule has 1 amide bonds. The summed E-state index contributed by atoms with van der Waals surface area (Å²) in [5.41, 5.74) is 1.07. The van der Waals surface area contributed by atoms with Gasteiger partial charge in [0.25, 0.3) is 20.0 Å². The second kappa shape index (κ2) is 10.3. The Morgan fingerprint density at radius 2 is 1.68 bits per heavy atom. The summed E-state index contributed by atoms with van der Waals surface area (Å²) < 4.78 is 101. The zero-order valence-electron chi connectivity index (χ0n) is 20.1. The van der Waals surface area contributed by atoms with Crippen LogP contribution in [-0.2, 0) is 26.0 Å². The number of halogens is 4. The minimum atomic E-state index is -4.83. The second-order valence-electron chi connectivity index (χ2n) is 8.32. The molecule has 11 nitrogen and oxygen atoms in total. The number of hydrogen-bond donors (Lipinski definition) is 2. The van der Waals surface area contributed by atoms with Gasteiger partial charge in [0.05, 0.1) is 9.79 Å². The molecule has 5 aromatic rings. The molecule has 0 fully saturated rings. The minimum Gasteiger partial charge on any atom is -0.451 e. The van der Waals surface area contributed by atoms with Gasteiger partial charge in [0.2, 0.25) is 5.82 Å². The average Bonchev–Trinajstić information content (AvgIpc) is 3.61. The Hall–Kier alpha value is -4.25. The van der Waals surface area contributed by atoms with E-state index in [2.05, 4.69) is 10.1 Å². The van der Waals surface area contributed by atoms with E-state index in [-0.39, 0.29) is 9.85 Å². The van der Waals surface area contributed by atoms with Crippen molar-refractivity contribution in [1.29, 1.82) is 0 Å². The van der Waals surface area contributed by atoms with Crippen LogP contribution in [0.4, 0.5) is 13.2 Å². The Balaban J connectivity index is 1.41. The fourth-order valence-corrected chi connectivity index (χ4v) is 5.97. The van der Waals surface area contributed by atoms with Gasteiger partial charge < -0.3 is 4.42 Å². The largest absolute Gasteiger partial charge is 0.451 e. The number of benzene rings is 3. The van der Waals surface area contributed by atoms with Crippen LogP contribution in [0.25, 0.3) is 11.0 Å². The van der Waals surface area contributed by atoms with E-state index in [1.807, 2.05) is 5.43 Å². The van der Waals surface area contributed by atoms with Gasteiger partial charge in [-0.3, -0.25) is 10.2 Å². The van der Waals surface area contributed by atoms with E-state index < -0.39 is 58.9 Å². The summed E-state index contributed by atoms with van der Waals surface area (Å²) in [6, 6.07) is 13.3. The maximum atomic E-state index is 15.6. The Kier molecular flexibility index (Phi) is 7.10. The van der Waals surface area contributed by atoms with Crippen molar-refractivity contribution in [3.63, 3.8) is 0 Å². The fourth-order valence-electron chi connectivity index (χ4n) is 3.66. The lowest BCUT2D eigenvalue weighted by Gasteiger charge is -2.17. The van der Waals surface area contributed by atoms with E-state index in [9.17, 15) is 26.0 Å². The molecule has 2 aromatic heterocycles. The Labute approximate surface area is 234 Å². The first-order chi connectivity index (χ1) is 19.3. The molecule has 212 valence electrons. The quantitative estimate of drug-likeness (QED) is 0.247. The maximum absolute atomic E-state index is 15.6. The molecule has 2 heterocycles. The molecule has 0 aliphatic heterocycles. The predicted molar refractivity (Wildman–Crippen MR) is 137 cm³/mol. The number of furan rings is 1. The normalized spacial score (nSPS) is 12.5. The number of fused-ring (bicyclic) bond motifs is 1. The maximum Gasteiger partial charge on any atom is 0.334 e. The number of amides is 1. The van der Waals surface area contributed by atoms with Crippen LogP contribution < -0.4 is 10.3 Å². The number of sulfonamides is 1. The van der Waals surface area contributed by atoms with E-state index in [4.69, 9.17) is 16.0 Å². The summed E-state index contributed by atoms with van der Waals surface area (Å²) in [6.45, 7) is 0. The summed E-state index contributed by atoms with van der Waals surface area (Å²) in [7, 11) is -9.36. The van der Waals surface area contributed by atoms with Crippen LogP contribution in [0.1, 0.15) is 21.9 Å². The van der Waals surface area contributed by atoms with Crippen molar-refractivity contribution in [3.8, 4) is 0 Å². The predicted octanol–water partition coefficient (Wildman–Crippen LogP) is 3.82. The monoisotopic (exact) mass is 625 g/mol. The lowest BCUT2D eigenvalue weighted by atomic mass is 10.1. The van der Waals surface area contributed by atoms with Crippen molar-refractivity contribution in [3.05, 3.63) is 107 Å². The Morgan fingerprint density at radius 1 is 0.976 bits per heavy atom. The van der Waals surface area contributed by atoms with Gasteiger partial charge in [-0.15, -0.1) is 14.0 Å². The van der Waals surface area contributed by atoms with Gasteiger partial charge in [-0.2, -0.15) is 17.2 Å². The number of hydrogen-bond acceptors (Lipinski definition) is 8. The standard InChI is InChI=1S/C24H15ClF3N5O6S2/c25-15-5-10-19-14(11-15)12-20(39-19)22(34)30-32-40(35,36)21-4-2-1-3-18(21)24(27,28)23-29-13-33(31-23)41(37,38)17-8-6-16(26)7-9-17/h1-13,32H,(H,30,34). The number of nitrogens with zero attached hydrogens (tertiary/aromatic N) is 3. The molecule has 0 saturated carbocycles. The molecule has 41 heavy (non-hydrogen) atoms. The Morgan fingerprint density at radius 3 is 2.41 bits per heavy atom. The molecule has 0 atom stereocenters. The third-order valence-electron chi connectivity index (χ3n) is 5.63. The van der Waals surface area contributed by atoms with Gasteiger partial charge in [-0.05, 0) is 54.6 Å². The van der Waals surface area contributed by atoms with Crippen LogP contribution >= 0.6 is 11.6 Å². The molecule has 2 N–H and O–H groups in total. The first-order valence-corrected chi connectivity index (χ1v) is 14.5. The van der Waals surface area contributed by atoms with Crippen LogP contribution in [0.5, 0.6) is 0 Å². The number of carbonyl (C=O) groups is 1. The summed E-state index contributed by atoms with van der Waals surface area (Å²) in [5.74, 6) is -7.61. The van der Waals surface area contributed by atoms with Crippen molar-refractivity contribution in [1.82, 2.24) is 24.4 Å². The minimum absolute atomic E-state index is 0.152. The summed E-state index contributed by atoms with van der Waals surface area (Å²) in [4.78, 5) is 16.2. The van der Waals surface area contributed by atoms with E-state index >= 15 is 8.78 Å². The molecule has 0 bridgehead atoms. The summed E-state index contributed by atoms with van der Waals surface area (Å²) >= 11 is 5.90. The van der Waals surface area contributed by atoms with Crippen molar-refractivity contribution in [2.45, 2.75) is 15.7 Å². The molecule has 0 saturated heterocycles. The van der Waals surface area contributed by atoms with E-state index in [1.54, 1.807) is 4.83 Å². The van der Waals surface area contributed by atoms with E-state index in [1.165, 1.54) is 24.3 Å². The van der Waals surface area contributed by atoms with Crippen molar-refractivity contribution in [2.75, 3.05) is 0 Å². The van der Waals surface area contributed by atoms with E-state index in [0.29, 0.717) is 22.3 Å². The number of hydrazine groups is 1. The molecular formula is C24H15ClF3N5O6S2. The number of aromatic nitrogens is 3. The SMILES string of the molecule is O=C(NNS(=O)(=O)c1ccccc1C(F)(F)c1ncn(S(=O)(=O)c2ccc(F)cc2)n1)c1cc2cc(Cl)ccc2o1. The molecule has 17 heteroatoms. The van der Waals surface area contributed by atoms with Gasteiger partial charge in [-0.1, -0.05) is 29.8 Å². The summed E-state index contributed by atoms with van der Waals surface area (Å²) in [6.07, 6.45) is 0.498. The molecule has 0 aliphatic carbocycles. The fraction of sp³-hybridized carbons (Fsp3) is 0.0417. The zero-order chi connectivity index (χ0) is 29.6. The van der Waals surface area contributed by atoms with Crippen molar-refractivity contribution in [2.24, 2.45) is 0 Å². The first kappa shape index (κ1) is 28.3. The molecule has 3 aromatic carbocycles. The zero-order valence-corrected chi connectivity index (χ0v) is 22.5. The first-order valence-electron chi connectivity index (χ1n) is 11.2. The average molecular weight is 626 g/mol. The number of alkyl halides is 2. The van der Waals surface area contributed by atoms with Gasteiger partial charge in [0.15, 0.2) is 5.76 Å². The lowest BCUT2D eigenvalue weighted by molar-refractivity contribution is 0.0300. The number of nitrogens with one attached hydrogen (secondary N) is 2. The number of rotatable bonds is 8. The van der Waals surface area contributed by atoms with E-state index in [0.717, 1.165) is 48.5 Å². The molecular weight excluding hydrogens is 611 g/mol. The molecule has 5 rings (SSSR count). The van der Waals surface area contributed by atoms with Crippen LogP contribution in [-0.4, -0.2) is 36.9 Å². The van der Waals surface area contributed by atoms with Crippen LogP contribution in [0, 0.1) is 5.82 Å². The molecule has 0 aliphatic rings. The number of carbonyl (C=O) groups excluding carboxylic acids is 1. The molecule has 0 radical (unpaired) electrons. The summed E-state index contributed by atoms with van der Waals surface area (Å²) in [5, 5.41) is 4.19. The van der Waals surface area contributed by atoms with Crippen LogP contribution in [0.15, 0.2) is 93.3 Å². The van der Waals surface area contributed by atoms with Crippen molar-refractivity contribution < 1.29 is 39.2 Å². The highest BCUT2D eigenvalue weighted by Gasteiger charge is 2.43. The van der Waals surface area contributed by atoms with Crippen molar-refractivity contribution >= 4 is 48.5 Å². The highest BCUT2D eigenvalue weighted by atomic mass is 35.5.